The van der Waals surface area contributed by atoms with Gasteiger partial charge in [-0.15, -0.1) is 0 Å². The number of allylic oxidation sites excluding steroid dienone is 14. The predicted molar refractivity (Wildman–Crippen MR) is 311 cm³/mol. The Morgan fingerprint density at radius 3 is 0.889 bits per heavy atom. The van der Waals surface area contributed by atoms with Crippen LogP contribution < -0.4 is 0 Å². The Balaban J connectivity index is 4.43. The molecule has 0 saturated carbocycles. The second kappa shape index (κ2) is 60.1. The Hall–Kier alpha value is -3.41. The van der Waals surface area contributed by atoms with Crippen molar-refractivity contribution in [2.75, 3.05) is 13.2 Å². The molecule has 0 aliphatic carbocycles. The maximum atomic E-state index is 12.9. The van der Waals surface area contributed by atoms with E-state index in [2.05, 4.69) is 106 Å². The fraction of sp³-hybridized carbons (Fsp3) is 0.742. The van der Waals surface area contributed by atoms with Gasteiger partial charge in [-0.1, -0.05) is 247 Å². The molecular formula is C66H114O6. The van der Waals surface area contributed by atoms with Crippen molar-refractivity contribution in [1.82, 2.24) is 0 Å². The fourth-order valence-corrected chi connectivity index (χ4v) is 8.52. The maximum Gasteiger partial charge on any atom is 0.306 e. The highest BCUT2D eigenvalue weighted by Gasteiger charge is 2.19. The number of hydrogen-bond acceptors (Lipinski definition) is 6. The van der Waals surface area contributed by atoms with E-state index in [0.29, 0.717) is 19.3 Å². The molecule has 0 bridgehead atoms. The van der Waals surface area contributed by atoms with Crippen molar-refractivity contribution in [2.45, 2.75) is 303 Å². The quantitative estimate of drug-likeness (QED) is 0.0261. The molecule has 0 heterocycles. The van der Waals surface area contributed by atoms with Crippen molar-refractivity contribution in [3.05, 3.63) is 85.1 Å². The van der Waals surface area contributed by atoms with Gasteiger partial charge >= 0.3 is 17.9 Å². The molecule has 0 rings (SSSR count). The zero-order valence-corrected chi connectivity index (χ0v) is 47.4. The smallest absolute Gasteiger partial charge is 0.306 e. The molecule has 0 fully saturated rings. The Labute approximate surface area is 445 Å². The summed E-state index contributed by atoms with van der Waals surface area (Å²) >= 11 is 0. The van der Waals surface area contributed by atoms with Crippen LogP contribution in [0.3, 0.4) is 0 Å². The van der Waals surface area contributed by atoms with E-state index in [1.54, 1.807) is 0 Å². The molecule has 0 aromatic rings. The van der Waals surface area contributed by atoms with Gasteiger partial charge in [0.1, 0.15) is 13.2 Å². The summed E-state index contributed by atoms with van der Waals surface area (Å²) in [5.74, 6) is -0.908. The first-order valence-corrected chi connectivity index (χ1v) is 30.6. The summed E-state index contributed by atoms with van der Waals surface area (Å²) < 4.78 is 16.9. The normalized spacial score (nSPS) is 12.7. The first kappa shape index (κ1) is 68.6. The maximum absolute atomic E-state index is 12.9. The van der Waals surface area contributed by atoms with Crippen molar-refractivity contribution in [3.8, 4) is 0 Å². The summed E-state index contributed by atoms with van der Waals surface area (Å²) in [7, 11) is 0. The van der Waals surface area contributed by atoms with E-state index in [1.165, 1.54) is 141 Å². The van der Waals surface area contributed by atoms with E-state index in [4.69, 9.17) is 14.2 Å². The molecule has 0 aromatic carbocycles. The van der Waals surface area contributed by atoms with Gasteiger partial charge in [0.05, 0.1) is 0 Å². The summed E-state index contributed by atoms with van der Waals surface area (Å²) in [5, 5.41) is 0. The molecule has 414 valence electrons. The van der Waals surface area contributed by atoms with Crippen LogP contribution in [0.25, 0.3) is 0 Å². The number of hydrogen-bond donors (Lipinski definition) is 0. The fourth-order valence-electron chi connectivity index (χ4n) is 8.52. The first-order chi connectivity index (χ1) is 35.5. The van der Waals surface area contributed by atoms with Crippen molar-refractivity contribution >= 4 is 17.9 Å². The summed E-state index contributed by atoms with van der Waals surface area (Å²) in [4.78, 5) is 38.3. The Morgan fingerprint density at radius 1 is 0.292 bits per heavy atom. The van der Waals surface area contributed by atoms with Gasteiger partial charge < -0.3 is 14.2 Å². The summed E-state index contributed by atoms with van der Waals surface area (Å²) in [6.07, 6.45) is 78.6. The lowest BCUT2D eigenvalue weighted by atomic mass is 10.1. The Bertz CT molecular complexity index is 1380. The van der Waals surface area contributed by atoms with E-state index in [9.17, 15) is 14.4 Å². The number of rotatable bonds is 55. The zero-order chi connectivity index (χ0) is 52.2. The molecule has 0 N–H and O–H groups in total. The molecule has 0 aliphatic heterocycles. The third-order valence-electron chi connectivity index (χ3n) is 13.1. The molecule has 6 nitrogen and oxygen atoms in total. The van der Waals surface area contributed by atoms with E-state index in [1.807, 2.05) is 0 Å². The number of ether oxygens (including phenoxy) is 3. The second-order valence-corrected chi connectivity index (χ2v) is 20.2. The van der Waals surface area contributed by atoms with Crippen LogP contribution in [-0.4, -0.2) is 37.2 Å². The Kier molecular flexibility index (Phi) is 57.3. The molecule has 72 heavy (non-hydrogen) atoms. The minimum Gasteiger partial charge on any atom is -0.462 e. The van der Waals surface area contributed by atoms with Crippen LogP contribution in [0.2, 0.25) is 0 Å². The van der Waals surface area contributed by atoms with Crippen molar-refractivity contribution in [3.63, 3.8) is 0 Å². The minimum absolute atomic E-state index is 0.0882. The van der Waals surface area contributed by atoms with E-state index in [-0.39, 0.29) is 31.1 Å². The van der Waals surface area contributed by atoms with Gasteiger partial charge in [-0.05, 0) is 116 Å². The van der Waals surface area contributed by atoms with E-state index in [0.717, 1.165) is 116 Å². The lowest BCUT2D eigenvalue weighted by Gasteiger charge is -2.18. The first-order valence-electron chi connectivity index (χ1n) is 30.6. The third kappa shape index (κ3) is 57.5. The Morgan fingerprint density at radius 2 is 0.542 bits per heavy atom. The summed E-state index contributed by atoms with van der Waals surface area (Å²) in [6.45, 7) is 6.50. The van der Waals surface area contributed by atoms with Crippen LogP contribution in [0.1, 0.15) is 297 Å². The van der Waals surface area contributed by atoms with Gasteiger partial charge in [0.15, 0.2) is 6.10 Å². The number of unbranched alkanes of at least 4 members (excludes halogenated alkanes) is 30. The molecular weight excluding hydrogens is 889 g/mol. The lowest BCUT2D eigenvalue weighted by molar-refractivity contribution is -0.167. The van der Waals surface area contributed by atoms with Crippen LogP contribution in [0.4, 0.5) is 0 Å². The van der Waals surface area contributed by atoms with Gasteiger partial charge in [0.2, 0.25) is 0 Å². The van der Waals surface area contributed by atoms with E-state index >= 15 is 0 Å². The van der Waals surface area contributed by atoms with Crippen LogP contribution in [-0.2, 0) is 28.6 Å². The molecule has 1 unspecified atom stereocenters. The molecule has 0 aromatic heterocycles. The van der Waals surface area contributed by atoms with Crippen LogP contribution in [0.5, 0.6) is 0 Å². The average Bonchev–Trinajstić information content (AvgIpc) is 3.38. The zero-order valence-electron chi connectivity index (χ0n) is 47.4. The van der Waals surface area contributed by atoms with Crippen LogP contribution in [0, 0.1) is 0 Å². The number of carbonyl (C=O) groups is 3. The standard InChI is InChI=1S/C66H114O6/c1-4-7-10-13-16-19-22-25-28-31-33-36-38-41-44-47-50-53-56-59-65(68)71-62-63(61-70-64(67)58-55-52-49-46-43-40-37-34-30-27-24-21-18-15-12-9-6-3)72-66(69)60-57-54-51-48-45-42-39-35-32-29-26-23-20-17-14-11-8-5-2/h7,10,16,18-19,21,25,27-28,30,33,35-36,39,63H,4-6,8-9,11-15,17,20,22-24,26,29,31-32,34,37-38,40-62H2,1-3H3/b10-7-,19-16-,21-18-,28-25-,30-27-,36-33-,39-35-. The van der Waals surface area contributed by atoms with Crippen LogP contribution in [0.15, 0.2) is 85.1 Å². The third-order valence-corrected chi connectivity index (χ3v) is 13.1. The monoisotopic (exact) mass is 1000 g/mol. The average molecular weight is 1000 g/mol. The van der Waals surface area contributed by atoms with Gasteiger partial charge in [-0.2, -0.15) is 0 Å². The largest absolute Gasteiger partial charge is 0.462 e. The van der Waals surface area contributed by atoms with Crippen LogP contribution >= 0.6 is 0 Å². The molecule has 0 saturated heterocycles. The predicted octanol–water partition coefficient (Wildman–Crippen LogP) is 20.7. The SMILES string of the molecule is CC/C=C\C/C=C\C/C=C\C/C=C\CCCCCCCCC(=O)OCC(COC(=O)CCCCCCCCC/C=C\C/C=C\CCCCC)OC(=O)CCCCCCC/C=C\CCCCCCCCCCC. The van der Waals surface area contributed by atoms with Gasteiger partial charge in [-0.3, -0.25) is 14.4 Å². The second-order valence-electron chi connectivity index (χ2n) is 20.2. The molecule has 1 atom stereocenters. The number of esters is 3. The van der Waals surface area contributed by atoms with Gasteiger partial charge in [-0.25, -0.2) is 0 Å². The highest BCUT2D eigenvalue weighted by Crippen LogP contribution is 2.15. The molecule has 0 spiro atoms. The summed E-state index contributed by atoms with van der Waals surface area (Å²) in [6, 6.07) is 0. The lowest BCUT2D eigenvalue weighted by Crippen LogP contribution is -2.30. The topological polar surface area (TPSA) is 78.9 Å². The molecule has 0 aliphatic rings. The van der Waals surface area contributed by atoms with Crippen molar-refractivity contribution in [2.24, 2.45) is 0 Å². The molecule has 0 amide bonds. The highest BCUT2D eigenvalue weighted by molar-refractivity contribution is 5.71. The summed E-state index contributed by atoms with van der Waals surface area (Å²) in [5.41, 5.74) is 0. The highest BCUT2D eigenvalue weighted by atomic mass is 16.6. The molecule has 6 heteroatoms. The van der Waals surface area contributed by atoms with Gasteiger partial charge in [0, 0.05) is 19.3 Å². The van der Waals surface area contributed by atoms with E-state index < -0.39 is 6.10 Å². The van der Waals surface area contributed by atoms with Crippen molar-refractivity contribution < 1.29 is 28.6 Å². The minimum atomic E-state index is -0.792. The van der Waals surface area contributed by atoms with Crippen molar-refractivity contribution in [1.29, 1.82) is 0 Å². The number of carbonyl (C=O) groups excluding carboxylic acids is 3. The van der Waals surface area contributed by atoms with Gasteiger partial charge in [0.25, 0.3) is 0 Å². The molecule has 0 radical (unpaired) electrons.